The Hall–Kier alpha value is -2.57. The van der Waals surface area contributed by atoms with Crippen molar-refractivity contribution in [3.8, 4) is 0 Å². The normalized spacial score (nSPS) is 22.4. The largest absolute Gasteiger partial charge is 0.481 e. The number of carbonyl (C=O) groups is 3. The van der Waals surface area contributed by atoms with Gasteiger partial charge < -0.3 is 20.6 Å². The zero-order chi connectivity index (χ0) is 20.9. The lowest BCUT2D eigenvalue weighted by Crippen LogP contribution is -2.46. The average Bonchev–Trinajstić information content (AvgIpc) is 3.07. The fraction of sp³-hybridized carbons (Fsp3) is 0.591. The van der Waals surface area contributed by atoms with Gasteiger partial charge in [0.05, 0.1) is 0 Å². The monoisotopic (exact) mass is 401 g/mol. The summed E-state index contributed by atoms with van der Waals surface area (Å²) in [5.74, 6) is -0.954. The molecule has 0 radical (unpaired) electrons. The van der Waals surface area contributed by atoms with E-state index >= 15 is 0 Å². The van der Waals surface area contributed by atoms with Gasteiger partial charge in [-0.25, -0.2) is 0 Å². The van der Waals surface area contributed by atoms with Gasteiger partial charge in [-0.3, -0.25) is 14.4 Å². The van der Waals surface area contributed by atoms with Crippen LogP contribution in [0.1, 0.15) is 56.9 Å². The Morgan fingerprint density at radius 1 is 1.24 bits per heavy atom. The predicted octanol–water partition coefficient (Wildman–Crippen LogP) is 2.37. The minimum Gasteiger partial charge on any atom is -0.481 e. The molecule has 1 aromatic rings. The number of amides is 2. The topological polar surface area (TPSA) is 98.7 Å². The van der Waals surface area contributed by atoms with Gasteiger partial charge in [0.2, 0.25) is 11.8 Å². The average molecular weight is 402 g/mol. The molecule has 29 heavy (non-hydrogen) atoms. The molecule has 7 heteroatoms. The van der Waals surface area contributed by atoms with Crippen molar-refractivity contribution < 1.29 is 19.5 Å². The Morgan fingerprint density at radius 2 is 1.97 bits per heavy atom. The molecule has 2 saturated heterocycles. The van der Waals surface area contributed by atoms with Crippen LogP contribution < -0.4 is 15.5 Å². The first kappa shape index (κ1) is 21.1. The van der Waals surface area contributed by atoms with E-state index in [0.29, 0.717) is 32.1 Å². The number of anilines is 1. The molecule has 158 valence electrons. The van der Waals surface area contributed by atoms with Gasteiger partial charge in [0, 0.05) is 49.6 Å². The molecule has 0 saturated carbocycles. The maximum absolute atomic E-state index is 12.5. The number of aliphatic carboxylic acids is 1. The van der Waals surface area contributed by atoms with Gasteiger partial charge in [-0.05, 0) is 56.7 Å². The van der Waals surface area contributed by atoms with Crippen molar-refractivity contribution in [3.05, 3.63) is 29.8 Å². The molecule has 7 nitrogen and oxygen atoms in total. The van der Waals surface area contributed by atoms with Gasteiger partial charge in [-0.1, -0.05) is 12.1 Å². The molecule has 0 spiro atoms. The highest BCUT2D eigenvalue weighted by Gasteiger charge is 2.38. The zero-order valence-corrected chi connectivity index (χ0v) is 17.1. The van der Waals surface area contributed by atoms with Gasteiger partial charge >= 0.3 is 5.97 Å². The molecule has 3 N–H and O–H groups in total. The van der Waals surface area contributed by atoms with Crippen LogP contribution in [-0.4, -0.2) is 47.6 Å². The van der Waals surface area contributed by atoms with Gasteiger partial charge in [-0.2, -0.15) is 0 Å². The van der Waals surface area contributed by atoms with E-state index in [4.69, 9.17) is 5.11 Å². The summed E-state index contributed by atoms with van der Waals surface area (Å²) in [6, 6.07) is 8.63. The Kier molecular flexibility index (Phi) is 6.77. The number of piperidine rings is 1. The maximum Gasteiger partial charge on any atom is 0.303 e. The minimum atomic E-state index is -0.879. The van der Waals surface area contributed by atoms with Crippen LogP contribution in [0.4, 0.5) is 5.69 Å². The Balaban J connectivity index is 1.44. The zero-order valence-electron chi connectivity index (χ0n) is 17.1. The molecule has 3 rings (SSSR count). The number of carboxylic acid groups (broad SMARTS) is 1. The van der Waals surface area contributed by atoms with Crippen LogP contribution in [0.2, 0.25) is 0 Å². The van der Waals surface area contributed by atoms with Gasteiger partial charge in [0.25, 0.3) is 0 Å². The first-order valence-corrected chi connectivity index (χ1v) is 10.5. The molecule has 2 aliphatic heterocycles. The highest BCUT2D eigenvalue weighted by Crippen LogP contribution is 2.30. The first-order valence-electron chi connectivity index (χ1n) is 10.5. The van der Waals surface area contributed by atoms with Crippen molar-refractivity contribution in [2.45, 2.75) is 69.9 Å². The standard InChI is InChI=1S/C22H31N3O4/c1-16-3-2-4-18(15-16)25-13-8-17(9-14-25)23-19(26)5-10-22(12-7-21(28)29)11-6-20(27)24-22/h2-4,15,17H,5-14H2,1H3,(H,23,26)(H,24,27)(H,28,29)/t22-/m0/s1. The van der Waals surface area contributed by atoms with Crippen molar-refractivity contribution in [3.63, 3.8) is 0 Å². The predicted molar refractivity (Wildman–Crippen MR) is 111 cm³/mol. The van der Waals surface area contributed by atoms with Gasteiger partial charge in [0.1, 0.15) is 0 Å². The summed E-state index contributed by atoms with van der Waals surface area (Å²) in [6.45, 7) is 3.91. The highest BCUT2D eigenvalue weighted by atomic mass is 16.4. The van der Waals surface area contributed by atoms with Crippen molar-refractivity contribution in [1.29, 1.82) is 0 Å². The summed E-state index contributed by atoms with van der Waals surface area (Å²) in [5, 5.41) is 15.0. The minimum absolute atomic E-state index is 0.000676. The van der Waals surface area contributed by atoms with Crippen LogP contribution in [0, 0.1) is 6.92 Å². The SMILES string of the molecule is Cc1cccc(N2CCC(NC(=O)CC[C@@]3(CCC(=O)O)CCC(=O)N3)CC2)c1. The van der Waals surface area contributed by atoms with Crippen LogP contribution in [0.15, 0.2) is 24.3 Å². The Labute approximate surface area is 171 Å². The maximum atomic E-state index is 12.5. The van der Waals surface area contributed by atoms with Crippen molar-refractivity contribution >= 4 is 23.5 Å². The molecule has 0 bridgehead atoms. The second kappa shape index (κ2) is 9.29. The van der Waals surface area contributed by atoms with E-state index in [1.807, 2.05) is 0 Å². The molecular weight excluding hydrogens is 370 g/mol. The quantitative estimate of drug-likeness (QED) is 0.621. The number of benzene rings is 1. The number of carbonyl (C=O) groups excluding carboxylic acids is 2. The summed E-state index contributed by atoms with van der Waals surface area (Å²) in [7, 11) is 0. The van der Waals surface area contributed by atoms with Crippen LogP contribution in [0.5, 0.6) is 0 Å². The fourth-order valence-electron chi connectivity index (χ4n) is 4.38. The summed E-state index contributed by atoms with van der Waals surface area (Å²) < 4.78 is 0. The van der Waals surface area contributed by atoms with E-state index in [1.165, 1.54) is 11.3 Å². The molecule has 2 fully saturated rings. The van der Waals surface area contributed by atoms with E-state index in [1.54, 1.807) is 0 Å². The molecule has 1 atom stereocenters. The smallest absolute Gasteiger partial charge is 0.303 e. The summed E-state index contributed by atoms with van der Waals surface area (Å²) >= 11 is 0. The van der Waals surface area contributed by atoms with Crippen molar-refractivity contribution in [1.82, 2.24) is 10.6 Å². The molecule has 2 aliphatic rings. The molecular formula is C22H31N3O4. The van der Waals surface area contributed by atoms with E-state index < -0.39 is 11.5 Å². The van der Waals surface area contributed by atoms with E-state index in [-0.39, 0.29) is 24.3 Å². The molecule has 0 unspecified atom stereocenters. The summed E-state index contributed by atoms with van der Waals surface area (Å²) in [6.07, 6.45) is 3.97. The third-order valence-corrected chi connectivity index (χ3v) is 6.11. The number of carboxylic acids is 1. The number of hydrogen-bond donors (Lipinski definition) is 3. The first-order chi connectivity index (χ1) is 13.8. The summed E-state index contributed by atoms with van der Waals surface area (Å²) in [4.78, 5) is 37.4. The lowest BCUT2D eigenvalue weighted by atomic mass is 9.86. The molecule has 2 heterocycles. The molecule has 2 amide bonds. The second-order valence-corrected chi connectivity index (χ2v) is 8.39. The van der Waals surface area contributed by atoms with Gasteiger partial charge in [0.15, 0.2) is 0 Å². The fourth-order valence-corrected chi connectivity index (χ4v) is 4.38. The third kappa shape index (κ3) is 5.95. The Bertz CT molecular complexity index is 758. The lowest BCUT2D eigenvalue weighted by molar-refractivity contribution is -0.137. The van der Waals surface area contributed by atoms with Crippen molar-refractivity contribution in [2.24, 2.45) is 0 Å². The Morgan fingerprint density at radius 3 is 2.59 bits per heavy atom. The van der Waals surface area contributed by atoms with Crippen LogP contribution in [0.25, 0.3) is 0 Å². The third-order valence-electron chi connectivity index (χ3n) is 6.11. The second-order valence-electron chi connectivity index (χ2n) is 8.39. The number of nitrogens with zero attached hydrogens (tertiary/aromatic N) is 1. The van der Waals surface area contributed by atoms with E-state index in [0.717, 1.165) is 25.9 Å². The number of hydrogen-bond acceptors (Lipinski definition) is 4. The number of rotatable bonds is 8. The van der Waals surface area contributed by atoms with Crippen LogP contribution in [0.3, 0.4) is 0 Å². The lowest BCUT2D eigenvalue weighted by Gasteiger charge is -2.34. The highest BCUT2D eigenvalue weighted by molar-refractivity contribution is 5.80. The number of aryl methyl sites for hydroxylation is 1. The molecule has 0 aliphatic carbocycles. The van der Waals surface area contributed by atoms with E-state index in [9.17, 15) is 14.4 Å². The van der Waals surface area contributed by atoms with Crippen molar-refractivity contribution in [2.75, 3.05) is 18.0 Å². The van der Waals surface area contributed by atoms with Gasteiger partial charge in [-0.15, -0.1) is 0 Å². The van der Waals surface area contributed by atoms with E-state index in [2.05, 4.69) is 46.7 Å². The van der Waals surface area contributed by atoms with Crippen LogP contribution in [-0.2, 0) is 14.4 Å². The summed E-state index contributed by atoms with van der Waals surface area (Å²) in [5.41, 5.74) is 1.92. The molecule has 1 aromatic carbocycles. The van der Waals surface area contributed by atoms with Crippen LogP contribution >= 0.6 is 0 Å². The number of nitrogens with one attached hydrogen (secondary N) is 2. The molecule has 0 aromatic heterocycles.